The highest BCUT2D eigenvalue weighted by atomic mass is 35.5. The maximum atomic E-state index is 12.5. The van der Waals surface area contributed by atoms with E-state index in [0.29, 0.717) is 11.8 Å². The van der Waals surface area contributed by atoms with Crippen molar-refractivity contribution >= 4 is 30.7 Å². The fourth-order valence-electron chi connectivity index (χ4n) is 2.94. The smallest absolute Gasteiger partial charge is 0.240 e. The third-order valence-corrected chi connectivity index (χ3v) is 3.86. The Balaban J connectivity index is 0. The highest BCUT2D eigenvalue weighted by Crippen LogP contribution is 2.19. The minimum Gasteiger partial charge on any atom is -0.341 e. The molecule has 1 N–H and O–H groups in total. The first kappa shape index (κ1) is 22.3. The molecule has 122 valence electrons. The van der Waals surface area contributed by atoms with Crippen LogP contribution in [-0.2, 0) is 4.79 Å². The van der Waals surface area contributed by atoms with Gasteiger partial charge < -0.3 is 10.2 Å². The fraction of sp³-hybridized carbons (Fsp3) is 0.929. The van der Waals surface area contributed by atoms with Crippen LogP contribution in [0.3, 0.4) is 0 Å². The number of amides is 1. The molecule has 4 nitrogen and oxygen atoms in total. The maximum Gasteiger partial charge on any atom is 0.240 e. The van der Waals surface area contributed by atoms with E-state index in [1.165, 1.54) is 0 Å². The highest BCUT2D eigenvalue weighted by Gasteiger charge is 2.31. The van der Waals surface area contributed by atoms with Crippen molar-refractivity contribution in [3.05, 3.63) is 0 Å². The van der Waals surface area contributed by atoms with Crippen LogP contribution in [0, 0.1) is 11.8 Å². The molecule has 1 atom stereocenters. The van der Waals surface area contributed by atoms with E-state index in [1.807, 2.05) is 26.0 Å². The van der Waals surface area contributed by atoms with Crippen LogP contribution >= 0.6 is 24.8 Å². The van der Waals surface area contributed by atoms with Gasteiger partial charge in [0.05, 0.1) is 6.04 Å². The summed E-state index contributed by atoms with van der Waals surface area (Å²) >= 11 is 0. The summed E-state index contributed by atoms with van der Waals surface area (Å²) in [6, 6.07) is 0.0193. The Hall–Kier alpha value is -0.0300. The lowest BCUT2D eigenvalue weighted by Gasteiger charge is -2.37. The predicted molar refractivity (Wildman–Crippen MR) is 90.0 cm³/mol. The molecule has 0 aromatic heterocycles. The molecule has 0 aromatic carbocycles. The van der Waals surface area contributed by atoms with E-state index in [9.17, 15) is 4.79 Å². The number of likely N-dealkylation sites (tertiary alicyclic amines) is 1. The van der Waals surface area contributed by atoms with Crippen molar-refractivity contribution in [1.82, 2.24) is 15.1 Å². The average Bonchev–Trinajstić information content (AvgIpc) is 2.29. The molecule has 0 saturated carbocycles. The van der Waals surface area contributed by atoms with Crippen LogP contribution in [0.25, 0.3) is 0 Å². The van der Waals surface area contributed by atoms with Crippen LogP contribution in [-0.4, -0.2) is 62.5 Å². The molecule has 1 heterocycles. The van der Waals surface area contributed by atoms with Crippen molar-refractivity contribution in [2.24, 2.45) is 11.8 Å². The summed E-state index contributed by atoms with van der Waals surface area (Å²) in [5, 5.41) is 3.23. The van der Waals surface area contributed by atoms with Crippen molar-refractivity contribution < 1.29 is 4.79 Å². The van der Waals surface area contributed by atoms with Gasteiger partial charge in [0.15, 0.2) is 0 Å². The number of nitrogens with one attached hydrogen (secondary N) is 1. The van der Waals surface area contributed by atoms with Crippen LogP contribution in [0.1, 0.15) is 26.7 Å². The molecule has 1 amide bonds. The van der Waals surface area contributed by atoms with Gasteiger partial charge in [-0.2, -0.15) is 0 Å². The molecular weight excluding hydrogens is 297 g/mol. The summed E-state index contributed by atoms with van der Waals surface area (Å²) in [5.41, 5.74) is 0. The van der Waals surface area contributed by atoms with Crippen LogP contribution in [0.4, 0.5) is 0 Å². The molecule has 1 unspecified atom stereocenters. The summed E-state index contributed by atoms with van der Waals surface area (Å²) in [5.74, 6) is 1.40. The van der Waals surface area contributed by atoms with E-state index in [1.54, 1.807) is 0 Å². The Morgan fingerprint density at radius 3 is 2.10 bits per heavy atom. The number of rotatable bonds is 5. The van der Waals surface area contributed by atoms with E-state index in [2.05, 4.69) is 24.1 Å². The first-order valence-corrected chi connectivity index (χ1v) is 7.07. The number of carbonyl (C=O) groups excluding carboxylic acids is 1. The van der Waals surface area contributed by atoms with Gasteiger partial charge in [0, 0.05) is 13.1 Å². The van der Waals surface area contributed by atoms with Crippen molar-refractivity contribution in [2.45, 2.75) is 32.7 Å². The Kier molecular flexibility index (Phi) is 11.9. The minimum absolute atomic E-state index is 0. The Morgan fingerprint density at radius 1 is 1.25 bits per heavy atom. The number of carbonyl (C=O) groups is 1. The number of piperidine rings is 1. The predicted octanol–water partition coefficient (Wildman–Crippen LogP) is 1.87. The van der Waals surface area contributed by atoms with Crippen LogP contribution < -0.4 is 5.32 Å². The van der Waals surface area contributed by atoms with Crippen molar-refractivity contribution in [2.75, 3.05) is 40.8 Å². The van der Waals surface area contributed by atoms with Gasteiger partial charge in [0.25, 0.3) is 0 Å². The zero-order valence-corrected chi connectivity index (χ0v) is 15.0. The molecule has 0 spiro atoms. The van der Waals surface area contributed by atoms with Crippen LogP contribution in [0.5, 0.6) is 0 Å². The Bertz CT molecular complexity index is 259. The van der Waals surface area contributed by atoms with Gasteiger partial charge >= 0.3 is 0 Å². The van der Waals surface area contributed by atoms with Crippen LogP contribution in [0.15, 0.2) is 0 Å². The second-order valence-electron chi connectivity index (χ2n) is 5.98. The normalized spacial score (nSPS) is 17.6. The largest absolute Gasteiger partial charge is 0.341 e. The number of nitrogens with zero attached hydrogens (tertiary/aromatic N) is 2. The zero-order valence-electron chi connectivity index (χ0n) is 13.4. The molecule has 1 rings (SSSR count). The maximum absolute atomic E-state index is 12.5. The monoisotopic (exact) mass is 327 g/mol. The molecule has 0 radical (unpaired) electrons. The van der Waals surface area contributed by atoms with E-state index in [0.717, 1.165) is 38.4 Å². The lowest BCUT2D eigenvalue weighted by atomic mass is 9.95. The first-order valence-electron chi connectivity index (χ1n) is 7.07. The molecular formula is C14H31Cl2N3O. The third kappa shape index (κ3) is 6.17. The van der Waals surface area contributed by atoms with Gasteiger partial charge in [0.1, 0.15) is 0 Å². The molecule has 6 heteroatoms. The number of halogens is 2. The molecule has 20 heavy (non-hydrogen) atoms. The second kappa shape index (κ2) is 10.7. The molecule has 1 saturated heterocycles. The van der Waals surface area contributed by atoms with E-state index in [-0.39, 0.29) is 30.9 Å². The fourth-order valence-corrected chi connectivity index (χ4v) is 2.94. The summed E-state index contributed by atoms with van der Waals surface area (Å²) in [6.45, 7) is 7.15. The zero-order chi connectivity index (χ0) is 13.7. The summed E-state index contributed by atoms with van der Waals surface area (Å²) < 4.78 is 0. The SMILES string of the molecule is CNCC1CCN(C(=O)C(C(C)C)N(C)C)CC1.Cl.Cl. The van der Waals surface area contributed by atoms with E-state index < -0.39 is 0 Å². The van der Waals surface area contributed by atoms with Gasteiger partial charge in [-0.1, -0.05) is 13.8 Å². The van der Waals surface area contributed by atoms with Crippen molar-refractivity contribution in [3.8, 4) is 0 Å². The van der Waals surface area contributed by atoms with E-state index >= 15 is 0 Å². The molecule has 0 aromatic rings. The summed E-state index contributed by atoms with van der Waals surface area (Å²) in [7, 11) is 5.99. The molecule has 1 fully saturated rings. The van der Waals surface area contributed by atoms with Crippen LogP contribution in [0.2, 0.25) is 0 Å². The molecule has 0 aliphatic carbocycles. The average molecular weight is 328 g/mol. The lowest BCUT2D eigenvalue weighted by Crippen LogP contribution is -2.51. The van der Waals surface area contributed by atoms with Gasteiger partial charge in [-0.25, -0.2) is 0 Å². The van der Waals surface area contributed by atoms with Crippen molar-refractivity contribution in [1.29, 1.82) is 0 Å². The molecule has 1 aliphatic rings. The summed E-state index contributed by atoms with van der Waals surface area (Å²) in [6.07, 6.45) is 2.26. The third-order valence-electron chi connectivity index (χ3n) is 3.86. The number of hydrogen-bond acceptors (Lipinski definition) is 3. The topological polar surface area (TPSA) is 35.6 Å². The second-order valence-corrected chi connectivity index (χ2v) is 5.98. The molecule has 1 aliphatic heterocycles. The standard InChI is InChI=1S/C14H29N3O.2ClH/c1-11(2)13(16(4)5)14(18)17-8-6-12(7-9-17)10-15-3;;/h11-13,15H,6-10H2,1-5H3;2*1H. The highest BCUT2D eigenvalue weighted by molar-refractivity contribution is 5.85. The molecule has 0 bridgehead atoms. The Labute approximate surface area is 136 Å². The number of likely N-dealkylation sites (N-methyl/N-ethyl adjacent to an activating group) is 1. The van der Waals surface area contributed by atoms with Gasteiger partial charge in [-0.15, -0.1) is 24.8 Å². The first-order chi connectivity index (χ1) is 8.47. The Morgan fingerprint density at radius 2 is 1.75 bits per heavy atom. The van der Waals surface area contributed by atoms with E-state index in [4.69, 9.17) is 0 Å². The van der Waals surface area contributed by atoms with Gasteiger partial charge in [-0.05, 0) is 52.4 Å². The summed E-state index contributed by atoms with van der Waals surface area (Å²) in [4.78, 5) is 16.6. The number of hydrogen-bond donors (Lipinski definition) is 1. The van der Waals surface area contributed by atoms with Crippen molar-refractivity contribution in [3.63, 3.8) is 0 Å². The lowest BCUT2D eigenvalue weighted by molar-refractivity contribution is -0.139. The van der Waals surface area contributed by atoms with Gasteiger partial charge in [0.2, 0.25) is 5.91 Å². The minimum atomic E-state index is 0. The van der Waals surface area contributed by atoms with Gasteiger partial charge in [-0.3, -0.25) is 9.69 Å². The quantitative estimate of drug-likeness (QED) is 0.837.